The van der Waals surface area contributed by atoms with E-state index in [4.69, 9.17) is 14.2 Å². The van der Waals surface area contributed by atoms with Gasteiger partial charge in [0.1, 0.15) is 0 Å². The summed E-state index contributed by atoms with van der Waals surface area (Å²) in [6.07, 6.45) is 11.0. The van der Waals surface area contributed by atoms with Gasteiger partial charge in [0.05, 0.1) is 25.4 Å². The minimum atomic E-state index is -0.330. The molecule has 0 amide bonds. The molecule has 4 aliphatic rings. The quantitative estimate of drug-likeness (QED) is 0.739. The predicted octanol–water partition coefficient (Wildman–Crippen LogP) is 4.66. The van der Waals surface area contributed by atoms with Crippen LogP contribution in [-0.2, 0) is 20.6 Å². The Labute approximate surface area is 156 Å². The van der Waals surface area contributed by atoms with Gasteiger partial charge in [-0.1, -0.05) is 48.9 Å². The Kier molecular flexibility index (Phi) is 4.22. The summed E-state index contributed by atoms with van der Waals surface area (Å²) >= 11 is 0. The van der Waals surface area contributed by atoms with E-state index in [-0.39, 0.29) is 11.2 Å². The Morgan fingerprint density at radius 1 is 1.08 bits per heavy atom. The number of allylic oxidation sites excluding steroid dienone is 1. The molecule has 26 heavy (non-hydrogen) atoms. The molecule has 3 heteroatoms. The van der Waals surface area contributed by atoms with E-state index in [1.165, 1.54) is 17.6 Å². The van der Waals surface area contributed by atoms with Crippen LogP contribution in [0.1, 0.15) is 51.0 Å². The zero-order valence-corrected chi connectivity index (χ0v) is 15.8. The van der Waals surface area contributed by atoms with Crippen molar-refractivity contribution in [1.29, 1.82) is 0 Å². The van der Waals surface area contributed by atoms with Crippen LogP contribution >= 0.6 is 0 Å². The molecule has 1 aromatic rings. The fraction of sp³-hybridized carbons (Fsp3) is 0.652. The van der Waals surface area contributed by atoms with E-state index >= 15 is 0 Å². The van der Waals surface area contributed by atoms with E-state index < -0.39 is 0 Å². The summed E-state index contributed by atoms with van der Waals surface area (Å²) in [7, 11) is 0. The highest BCUT2D eigenvalue weighted by Gasteiger charge is 2.55. The predicted molar refractivity (Wildman–Crippen MR) is 101 cm³/mol. The molecule has 0 bridgehead atoms. The average molecular weight is 354 g/mol. The van der Waals surface area contributed by atoms with Crippen molar-refractivity contribution in [3.63, 3.8) is 0 Å². The first kappa shape index (κ1) is 17.0. The highest BCUT2D eigenvalue weighted by Crippen LogP contribution is 2.57. The minimum Gasteiger partial charge on any atom is -0.374 e. The van der Waals surface area contributed by atoms with Gasteiger partial charge in [0.25, 0.3) is 0 Å². The Morgan fingerprint density at radius 3 is 2.69 bits per heavy atom. The van der Waals surface area contributed by atoms with Crippen molar-refractivity contribution in [2.75, 3.05) is 13.2 Å². The maximum atomic E-state index is 6.69. The Balaban J connectivity index is 1.27. The lowest BCUT2D eigenvalue weighted by atomic mass is 9.60. The summed E-state index contributed by atoms with van der Waals surface area (Å²) in [6, 6.07) is 10.8. The topological polar surface area (TPSA) is 27.7 Å². The summed E-state index contributed by atoms with van der Waals surface area (Å²) in [4.78, 5) is 0. The van der Waals surface area contributed by atoms with Crippen LogP contribution in [0.5, 0.6) is 0 Å². The zero-order chi connectivity index (χ0) is 17.6. The molecule has 1 aromatic carbocycles. The van der Waals surface area contributed by atoms with Crippen molar-refractivity contribution in [3.05, 3.63) is 47.5 Å². The van der Waals surface area contributed by atoms with Crippen molar-refractivity contribution in [1.82, 2.24) is 0 Å². The summed E-state index contributed by atoms with van der Waals surface area (Å²) < 4.78 is 18.7. The number of benzene rings is 1. The van der Waals surface area contributed by atoms with Gasteiger partial charge in [-0.2, -0.15) is 0 Å². The van der Waals surface area contributed by atoms with E-state index in [9.17, 15) is 0 Å². The molecule has 2 heterocycles. The minimum absolute atomic E-state index is 0.172. The maximum absolute atomic E-state index is 6.69. The molecule has 0 radical (unpaired) electrons. The van der Waals surface area contributed by atoms with E-state index in [0.29, 0.717) is 18.1 Å². The van der Waals surface area contributed by atoms with Gasteiger partial charge in [-0.25, -0.2) is 0 Å². The van der Waals surface area contributed by atoms with Crippen LogP contribution in [0.15, 0.2) is 42.0 Å². The van der Waals surface area contributed by atoms with Gasteiger partial charge in [-0.3, -0.25) is 0 Å². The summed E-state index contributed by atoms with van der Waals surface area (Å²) in [6.45, 7) is 3.92. The fourth-order valence-corrected chi connectivity index (χ4v) is 5.74. The molecule has 0 aromatic heterocycles. The number of aryl methyl sites for hydroxylation is 1. The van der Waals surface area contributed by atoms with Crippen LogP contribution in [-0.4, -0.2) is 31.2 Å². The van der Waals surface area contributed by atoms with E-state index in [1.807, 2.05) is 0 Å². The summed E-state index contributed by atoms with van der Waals surface area (Å²) in [5.74, 6) is 0.354. The first-order chi connectivity index (χ1) is 12.7. The molecule has 2 aliphatic carbocycles. The number of hydrogen-bond acceptors (Lipinski definition) is 3. The van der Waals surface area contributed by atoms with Crippen molar-refractivity contribution in [2.24, 2.45) is 11.3 Å². The average Bonchev–Trinajstić information content (AvgIpc) is 3.30. The molecule has 3 nitrogen and oxygen atoms in total. The molecule has 140 valence electrons. The first-order valence-corrected chi connectivity index (χ1v) is 10.3. The van der Waals surface area contributed by atoms with Crippen molar-refractivity contribution < 1.29 is 14.2 Å². The van der Waals surface area contributed by atoms with Crippen molar-refractivity contribution in [3.8, 4) is 0 Å². The van der Waals surface area contributed by atoms with Crippen LogP contribution in [0.25, 0.3) is 0 Å². The molecule has 1 saturated carbocycles. The van der Waals surface area contributed by atoms with Crippen molar-refractivity contribution >= 4 is 0 Å². The number of hydrogen-bond donors (Lipinski definition) is 0. The monoisotopic (exact) mass is 354 g/mol. The van der Waals surface area contributed by atoms with Crippen LogP contribution in [0.4, 0.5) is 0 Å². The van der Waals surface area contributed by atoms with Crippen molar-refractivity contribution in [2.45, 2.75) is 69.9 Å². The lowest BCUT2D eigenvalue weighted by Crippen LogP contribution is -2.49. The molecule has 3 unspecified atom stereocenters. The lowest BCUT2D eigenvalue weighted by Gasteiger charge is -2.50. The molecule has 1 spiro atoms. The van der Waals surface area contributed by atoms with Crippen LogP contribution in [0.2, 0.25) is 0 Å². The van der Waals surface area contributed by atoms with Crippen LogP contribution in [0, 0.1) is 11.3 Å². The Bertz CT molecular complexity index is 676. The lowest BCUT2D eigenvalue weighted by molar-refractivity contribution is -0.186. The van der Waals surface area contributed by atoms with Gasteiger partial charge >= 0.3 is 0 Å². The number of ether oxygens (including phenoxy) is 3. The van der Waals surface area contributed by atoms with Gasteiger partial charge in [0.2, 0.25) is 0 Å². The highest BCUT2D eigenvalue weighted by molar-refractivity contribution is 5.26. The van der Waals surface area contributed by atoms with Gasteiger partial charge in [0.15, 0.2) is 5.79 Å². The van der Waals surface area contributed by atoms with Gasteiger partial charge in [-0.05, 0) is 43.6 Å². The van der Waals surface area contributed by atoms with Crippen LogP contribution < -0.4 is 0 Å². The second kappa shape index (κ2) is 6.47. The second-order valence-corrected chi connectivity index (χ2v) is 8.87. The molecule has 5 rings (SSSR count). The third-order valence-corrected chi connectivity index (χ3v) is 7.26. The summed E-state index contributed by atoms with van der Waals surface area (Å²) in [5, 5.41) is 0. The SMILES string of the molecule is C[C@]12CCC3(CC1=CCC1CC(CCc4ccccc4)OC12)OCCO3. The van der Waals surface area contributed by atoms with Gasteiger partial charge < -0.3 is 14.2 Å². The number of fused-ring (bicyclic) bond motifs is 3. The third-order valence-electron chi connectivity index (χ3n) is 7.26. The maximum Gasteiger partial charge on any atom is 0.172 e. The molecular formula is C23H30O3. The molecule has 2 aliphatic heterocycles. The number of rotatable bonds is 3. The van der Waals surface area contributed by atoms with E-state index in [1.54, 1.807) is 0 Å². The summed E-state index contributed by atoms with van der Waals surface area (Å²) in [5.41, 5.74) is 3.12. The standard InChI is InChI=1S/C23H30O3/c1-22-11-12-23(24-13-14-25-23)16-19(22)9-8-18-15-20(26-21(18)22)10-7-17-5-3-2-4-6-17/h2-6,9,18,20-21H,7-8,10-16H2,1H3/t18?,20?,21?,22-/m0/s1. The Morgan fingerprint density at radius 2 is 1.88 bits per heavy atom. The zero-order valence-electron chi connectivity index (χ0n) is 15.8. The highest BCUT2D eigenvalue weighted by atomic mass is 16.7. The van der Waals surface area contributed by atoms with Gasteiger partial charge in [0, 0.05) is 18.3 Å². The van der Waals surface area contributed by atoms with Crippen LogP contribution in [0.3, 0.4) is 0 Å². The second-order valence-electron chi connectivity index (χ2n) is 8.87. The van der Waals surface area contributed by atoms with Gasteiger partial charge in [-0.15, -0.1) is 0 Å². The molecule has 4 atom stereocenters. The normalized spacial score (nSPS) is 38.0. The molecule has 3 fully saturated rings. The largest absolute Gasteiger partial charge is 0.374 e. The molecule has 0 N–H and O–H groups in total. The first-order valence-electron chi connectivity index (χ1n) is 10.3. The Hall–Kier alpha value is -1.16. The van der Waals surface area contributed by atoms with E-state index in [0.717, 1.165) is 51.7 Å². The third kappa shape index (κ3) is 2.85. The molecular weight excluding hydrogens is 324 g/mol. The smallest absolute Gasteiger partial charge is 0.172 e. The fourth-order valence-electron chi connectivity index (χ4n) is 5.74. The molecule has 2 saturated heterocycles. The van der Waals surface area contributed by atoms with E-state index in [2.05, 4.69) is 43.3 Å².